The highest BCUT2D eigenvalue weighted by Gasteiger charge is 2.15. The van der Waals surface area contributed by atoms with Gasteiger partial charge in [-0.1, -0.05) is 35.9 Å². The number of carbonyl (C=O) groups excluding carboxylic acids is 2. The minimum Gasteiger partial charge on any atom is -0.452 e. The summed E-state index contributed by atoms with van der Waals surface area (Å²) in [6.45, 7) is 3.58. The molecule has 0 aromatic heterocycles. The highest BCUT2D eigenvalue weighted by molar-refractivity contribution is 5.91. The number of hydrogen-bond acceptors (Lipinski definition) is 3. The van der Waals surface area contributed by atoms with Gasteiger partial charge in [0.15, 0.2) is 6.61 Å². The Morgan fingerprint density at radius 1 is 1.08 bits per heavy atom. The lowest BCUT2D eigenvalue weighted by molar-refractivity contribution is -0.124. The van der Waals surface area contributed by atoms with Crippen LogP contribution in [0.5, 0.6) is 0 Å². The molecule has 0 radical (unpaired) electrons. The first kappa shape index (κ1) is 18.2. The standard InChI is InChI=1S/C22H25NO3/c1-15-6-5-9-20(12-15)22(25)26-14-21(24)23-16(2)18-11-10-17-7-3-4-8-19(17)13-18/h5-6,9-13,16H,3-4,7-8,14H2,1-2H3,(H,23,24)/t16-/m0/s1. The molecule has 4 heteroatoms. The average molecular weight is 351 g/mol. The number of fused-ring (bicyclic) bond motifs is 1. The van der Waals surface area contributed by atoms with Crippen molar-refractivity contribution in [2.45, 2.75) is 45.6 Å². The average Bonchev–Trinajstić information content (AvgIpc) is 2.65. The van der Waals surface area contributed by atoms with Crippen LogP contribution in [0.2, 0.25) is 0 Å². The number of amides is 1. The highest BCUT2D eigenvalue weighted by Crippen LogP contribution is 2.24. The number of nitrogens with one attached hydrogen (secondary N) is 1. The molecule has 0 saturated carbocycles. The smallest absolute Gasteiger partial charge is 0.338 e. The number of hydrogen-bond donors (Lipinski definition) is 1. The van der Waals surface area contributed by atoms with Gasteiger partial charge < -0.3 is 10.1 Å². The third kappa shape index (κ3) is 4.51. The Hall–Kier alpha value is -2.62. The maximum atomic E-state index is 12.1. The Morgan fingerprint density at radius 3 is 2.62 bits per heavy atom. The van der Waals surface area contributed by atoms with Crippen molar-refractivity contribution in [3.8, 4) is 0 Å². The van der Waals surface area contributed by atoms with E-state index in [4.69, 9.17) is 4.74 Å². The molecular formula is C22H25NO3. The van der Waals surface area contributed by atoms with Crippen LogP contribution in [0.25, 0.3) is 0 Å². The first-order valence-corrected chi connectivity index (χ1v) is 9.18. The van der Waals surface area contributed by atoms with E-state index in [0.29, 0.717) is 5.56 Å². The van der Waals surface area contributed by atoms with Crippen LogP contribution >= 0.6 is 0 Å². The van der Waals surface area contributed by atoms with Gasteiger partial charge in [0.1, 0.15) is 0 Å². The van der Waals surface area contributed by atoms with E-state index < -0.39 is 5.97 Å². The zero-order valence-corrected chi connectivity index (χ0v) is 15.4. The van der Waals surface area contributed by atoms with E-state index >= 15 is 0 Å². The molecule has 1 aliphatic rings. The second-order valence-corrected chi connectivity index (χ2v) is 6.97. The molecule has 1 aliphatic carbocycles. The lowest BCUT2D eigenvalue weighted by Gasteiger charge is -2.20. The molecule has 0 bridgehead atoms. The molecule has 0 spiro atoms. The van der Waals surface area contributed by atoms with E-state index in [2.05, 4.69) is 23.5 Å². The number of aryl methyl sites for hydroxylation is 3. The molecule has 0 unspecified atom stereocenters. The van der Waals surface area contributed by atoms with Crippen molar-refractivity contribution in [1.82, 2.24) is 5.32 Å². The van der Waals surface area contributed by atoms with Crippen molar-refractivity contribution in [3.63, 3.8) is 0 Å². The summed E-state index contributed by atoms with van der Waals surface area (Å²) in [6, 6.07) is 13.5. The summed E-state index contributed by atoms with van der Waals surface area (Å²) in [5, 5.41) is 2.91. The first-order valence-electron chi connectivity index (χ1n) is 9.18. The molecule has 4 nitrogen and oxygen atoms in total. The lowest BCUT2D eigenvalue weighted by atomic mass is 9.89. The van der Waals surface area contributed by atoms with Crippen LogP contribution in [-0.4, -0.2) is 18.5 Å². The van der Waals surface area contributed by atoms with Gasteiger partial charge in [-0.2, -0.15) is 0 Å². The van der Waals surface area contributed by atoms with Gasteiger partial charge in [0, 0.05) is 0 Å². The third-order valence-electron chi connectivity index (χ3n) is 4.84. The van der Waals surface area contributed by atoms with E-state index in [1.807, 2.05) is 19.9 Å². The van der Waals surface area contributed by atoms with Crippen LogP contribution in [0.4, 0.5) is 0 Å². The van der Waals surface area contributed by atoms with Crippen LogP contribution in [-0.2, 0) is 22.4 Å². The van der Waals surface area contributed by atoms with Gasteiger partial charge in [-0.05, 0) is 68.4 Å². The molecule has 2 aromatic carbocycles. The number of esters is 1. The van der Waals surface area contributed by atoms with Crippen molar-refractivity contribution in [2.75, 3.05) is 6.61 Å². The zero-order chi connectivity index (χ0) is 18.5. The molecule has 3 rings (SSSR count). The summed E-state index contributed by atoms with van der Waals surface area (Å²) in [5.41, 5.74) is 5.33. The van der Waals surface area contributed by atoms with Gasteiger partial charge >= 0.3 is 5.97 Å². The largest absolute Gasteiger partial charge is 0.452 e. The molecule has 1 atom stereocenters. The van der Waals surface area contributed by atoms with Gasteiger partial charge in [-0.15, -0.1) is 0 Å². The van der Waals surface area contributed by atoms with Gasteiger partial charge in [-0.3, -0.25) is 4.79 Å². The normalized spacial score (nSPS) is 14.2. The summed E-state index contributed by atoms with van der Waals surface area (Å²) in [4.78, 5) is 24.1. The summed E-state index contributed by atoms with van der Waals surface area (Å²) < 4.78 is 5.12. The Kier molecular flexibility index (Phi) is 5.71. The fourth-order valence-electron chi connectivity index (χ4n) is 3.38. The van der Waals surface area contributed by atoms with Crippen molar-refractivity contribution < 1.29 is 14.3 Å². The molecule has 136 valence electrons. The summed E-state index contributed by atoms with van der Waals surface area (Å²) in [5.74, 6) is -0.776. The third-order valence-corrected chi connectivity index (χ3v) is 4.84. The van der Waals surface area contributed by atoms with Crippen molar-refractivity contribution in [1.29, 1.82) is 0 Å². The summed E-state index contributed by atoms with van der Waals surface area (Å²) in [6.07, 6.45) is 4.74. The molecular weight excluding hydrogens is 326 g/mol. The molecule has 0 saturated heterocycles. The van der Waals surface area contributed by atoms with Crippen molar-refractivity contribution >= 4 is 11.9 Å². The van der Waals surface area contributed by atoms with E-state index in [-0.39, 0.29) is 18.6 Å². The highest BCUT2D eigenvalue weighted by atomic mass is 16.5. The molecule has 0 fully saturated rings. The fraction of sp³-hybridized carbons (Fsp3) is 0.364. The van der Waals surface area contributed by atoms with Crippen LogP contribution in [0.15, 0.2) is 42.5 Å². The van der Waals surface area contributed by atoms with Crippen LogP contribution in [0.3, 0.4) is 0 Å². The van der Waals surface area contributed by atoms with Crippen molar-refractivity contribution in [3.05, 3.63) is 70.3 Å². The van der Waals surface area contributed by atoms with Crippen LogP contribution in [0.1, 0.15) is 58.4 Å². The topological polar surface area (TPSA) is 55.4 Å². The number of benzene rings is 2. The van der Waals surface area contributed by atoms with Crippen LogP contribution in [0, 0.1) is 6.92 Å². The minimum atomic E-state index is -0.481. The SMILES string of the molecule is Cc1cccc(C(=O)OCC(=O)N[C@@H](C)c2ccc3c(c2)CCCC3)c1. The quantitative estimate of drug-likeness (QED) is 0.831. The van der Waals surface area contributed by atoms with Crippen LogP contribution < -0.4 is 5.32 Å². The van der Waals surface area contributed by atoms with Gasteiger partial charge in [0.25, 0.3) is 5.91 Å². The molecule has 26 heavy (non-hydrogen) atoms. The zero-order valence-electron chi connectivity index (χ0n) is 15.4. The maximum Gasteiger partial charge on any atom is 0.338 e. The molecule has 0 aliphatic heterocycles. The van der Waals surface area contributed by atoms with Gasteiger partial charge in [0.05, 0.1) is 11.6 Å². The molecule has 1 N–H and O–H groups in total. The Bertz CT molecular complexity index is 813. The Morgan fingerprint density at radius 2 is 1.85 bits per heavy atom. The Labute approximate surface area is 154 Å². The maximum absolute atomic E-state index is 12.1. The number of carbonyl (C=O) groups is 2. The minimum absolute atomic E-state index is 0.118. The van der Waals surface area contributed by atoms with E-state index in [1.165, 1.54) is 24.0 Å². The van der Waals surface area contributed by atoms with Gasteiger partial charge in [-0.25, -0.2) is 4.79 Å². The molecule has 1 amide bonds. The predicted octanol–water partition coefficient (Wildman–Crippen LogP) is 3.91. The summed E-state index contributed by atoms with van der Waals surface area (Å²) >= 11 is 0. The van der Waals surface area contributed by atoms with E-state index in [9.17, 15) is 9.59 Å². The Balaban J connectivity index is 1.53. The second kappa shape index (κ2) is 8.17. The number of rotatable bonds is 5. The van der Waals surface area contributed by atoms with Crippen molar-refractivity contribution in [2.24, 2.45) is 0 Å². The monoisotopic (exact) mass is 351 g/mol. The molecule has 2 aromatic rings. The number of ether oxygens (including phenoxy) is 1. The second-order valence-electron chi connectivity index (χ2n) is 6.97. The molecule has 0 heterocycles. The lowest BCUT2D eigenvalue weighted by Crippen LogP contribution is -2.31. The van der Waals surface area contributed by atoms with E-state index in [1.54, 1.807) is 18.2 Å². The van der Waals surface area contributed by atoms with Gasteiger partial charge in [0.2, 0.25) is 0 Å². The van der Waals surface area contributed by atoms with E-state index in [0.717, 1.165) is 24.0 Å². The predicted molar refractivity (Wildman–Crippen MR) is 101 cm³/mol. The summed E-state index contributed by atoms with van der Waals surface area (Å²) in [7, 11) is 0. The fourth-order valence-corrected chi connectivity index (χ4v) is 3.38. The first-order chi connectivity index (χ1) is 12.5.